The summed E-state index contributed by atoms with van der Waals surface area (Å²) in [6.45, 7) is 15.0. The van der Waals surface area contributed by atoms with Gasteiger partial charge < -0.3 is 25.2 Å². The van der Waals surface area contributed by atoms with E-state index in [4.69, 9.17) is 4.74 Å². The maximum absolute atomic E-state index is 15.1. The van der Waals surface area contributed by atoms with E-state index < -0.39 is 28.7 Å². The Balaban J connectivity index is 0.000000168. The van der Waals surface area contributed by atoms with Crippen LogP contribution in [0.5, 0.6) is 5.75 Å². The first-order valence-electron chi connectivity index (χ1n) is 25.2. The minimum Gasteiger partial charge on any atom is -0.489 e. The highest BCUT2D eigenvalue weighted by molar-refractivity contribution is 6.01. The number of rotatable bonds is 11. The Kier molecular flexibility index (Phi) is 14.1. The highest BCUT2D eigenvalue weighted by atomic mass is 19.1. The molecule has 1 saturated carbocycles. The van der Waals surface area contributed by atoms with Crippen molar-refractivity contribution in [2.24, 2.45) is 9.98 Å². The van der Waals surface area contributed by atoms with Crippen LogP contribution < -0.4 is 15.4 Å². The fourth-order valence-electron chi connectivity index (χ4n) is 10.7. The number of fused-ring (bicyclic) bond motifs is 3. The SMILES string of the molecule is CC1=Nc2c(F)cc(-c3nc(Nc4ccc(OC5CCN(C)CC5)cn4)ncc3F)cc2C12CCCC2.CCC1(C)C(C)=Nc2c(F)cc(-c3nc(Nc4ccc(CN5CCN(C)CC5)cn4)ncc3F)cc21. The Hall–Kier alpha value is -6.76. The van der Waals surface area contributed by atoms with Gasteiger partial charge in [0.1, 0.15) is 57.9 Å². The van der Waals surface area contributed by atoms with Crippen LogP contribution in [0.2, 0.25) is 0 Å². The molecule has 2 aromatic carbocycles. The van der Waals surface area contributed by atoms with Crippen molar-refractivity contribution >= 4 is 46.3 Å². The number of pyridine rings is 2. The molecular formula is C55H61F4N13O. The highest BCUT2D eigenvalue weighted by Gasteiger charge is 2.45. The van der Waals surface area contributed by atoms with Crippen molar-refractivity contribution in [2.45, 2.75) is 96.1 Å². The van der Waals surface area contributed by atoms with Crippen molar-refractivity contribution in [1.29, 1.82) is 0 Å². The molecule has 4 aliphatic heterocycles. The first-order chi connectivity index (χ1) is 35.2. The zero-order chi connectivity index (χ0) is 51.0. The van der Waals surface area contributed by atoms with Crippen LogP contribution in [0.15, 0.2) is 83.3 Å². The molecule has 18 heteroatoms. The zero-order valence-corrected chi connectivity index (χ0v) is 42.2. The lowest BCUT2D eigenvalue weighted by Gasteiger charge is -2.32. The molecule has 2 N–H and O–H groups in total. The highest BCUT2D eigenvalue weighted by Crippen LogP contribution is 2.52. The summed E-state index contributed by atoms with van der Waals surface area (Å²) in [6, 6.07) is 13.7. The molecule has 0 bridgehead atoms. The topological polar surface area (TPSA) is 145 Å². The van der Waals surface area contributed by atoms with Gasteiger partial charge in [0.2, 0.25) is 11.9 Å². The van der Waals surface area contributed by atoms with Crippen LogP contribution in [0.4, 0.5) is 52.5 Å². The summed E-state index contributed by atoms with van der Waals surface area (Å²) in [7, 11) is 4.25. The quantitative estimate of drug-likeness (QED) is 0.119. The van der Waals surface area contributed by atoms with Gasteiger partial charge in [0.05, 0.1) is 18.6 Å². The van der Waals surface area contributed by atoms with Crippen LogP contribution in [-0.4, -0.2) is 115 Å². The molecule has 1 unspecified atom stereocenters. The van der Waals surface area contributed by atoms with Gasteiger partial charge in [-0.2, -0.15) is 0 Å². The van der Waals surface area contributed by atoms with Crippen LogP contribution >= 0.6 is 0 Å². The summed E-state index contributed by atoms with van der Waals surface area (Å²) in [5, 5.41) is 6.06. The lowest BCUT2D eigenvalue weighted by atomic mass is 9.76. The summed E-state index contributed by atoms with van der Waals surface area (Å²) >= 11 is 0. The van der Waals surface area contributed by atoms with Gasteiger partial charge in [-0.15, -0.1) is 0 Å². The van der Waals surface area contributed by atoms with Gasteiger partial charge in [0.25, 0.3) is 0 Å². The number of halogens is 4. The van der Waals surface area contributed by atoms with E-state index in [-0.39, 0.29) is 34.8 Å². The predicted octanol–water partition coefficient (Wildman–Crippen LogP) is 11.0. The average molecular weight is 996 g/mol. The maximum atomic E-state index is 15.1. The molecule has 14 nitrogen and oxygen atoms in total. The van der Waals surface area contributed by atoms with Crippen molar-refractivity contribution in [1.82, 2.24) is 44.6 Å². The van der Waals surface area contributed by atoms with Crippen LogP contribution in [0.3, 0.4) is 0 Å². The minimum absolute atomic E-state index is 0.0314. The van der Waals surface area contributed by atoms with Crippen molar-refractivity contribution < 1.29 is 22.3 Å². The van der Waals surface area contributed by atoms with Gasteiger partial charge in [-0.25, -0.2) is 47.5 Å². The molecule has 6 aromatic rings. The molecule has 0 amide bonds. The maximum Gasteiger partial charge on any atom is 0.229 e. The zero-order valence-electron chi connectivity index (χ0n) is 42.2. The number of benzene rings is 2. The number of piperidine rings is 1. The van der Waals surface area contributed by atoms with E-state index in [1.54, 1.807) is 18.3 Å². The molecule has 4 aromatic heterocycles. The second kappa shape index (κ2) is 20.6. The van der Waals surface area contributed by atoms with E-state index in [1.165, 1.54) is 12.1 Å². The molecule has 1 aliphatic carbocycles. The van der Waals surface area contributed by atoms with Gasteiger partial charge in [0, 0.05) is 85.4 Å². The number of likely N-dealkylation sites (N-methyl/N-ethyl adjacent to an activating group) is 1. The molecule has 3 fully saturated rings. The van der Waals surface area contributed by atoms with Crippen molar-refractivity contribution in [3.8, 4) is 28.3 Å². The molecule has 380 valence electrons. The Morgan fingerprint density at radius 1 is 0.630 bits per heavy atom. The standard InChI is InChI=1S/C28H30F2N6O.C27H31F2N7/c1-17-28(9-3-4-10-28)21-13-18(14-22(29)26(21)33-17)25-23(30)16-32-27(35-25)34-24-6-5-20(15-31-24)37-19-7-11-36(2)12-8-19;1-5-27(3)17(2)32-25-20(27)12-19(13-21(25)28)24-22(29)15-31-26(34-24)33-23-7-6-18(14-30-23)16-36-10-8-35(4)9-11-36/h5-6,13-16,19H,3-4,7-12H2,1-2H3,(H,31,32,34,35);6-7,12-15H,5,8-11,16H2,1-4H3,(H,30,31,33,34). The monoisotopic (exact) mass is 996 g/mol. The number of ether oxygens (including phenoxy) is 1. The van der Waals surface area contributed by atoms with Crippen molar-refractivity contribution in [2.75, 3.05) is 64.0 Å². The number of hydrogen-bond donors (Lipinski definition) is 2. The number of aliphatic imine (C=N–C) groups is 2. The number of aromatic nitrogens is 6. The van der Waals surface area contributed by atoms with Gasteiger partial charge in [0.15, 0.2) is 11.6 Å². The van der Waals surface area contributed by atoms with Crippen LogP contribution in [0.25, 0.3) is 22.5 Å². The fraction of sp³-hybridized carbons (Fsp3) is 0.418. The van der Waals surface area contributed by atoms with Gasteiger partial charge in [-0.05, 0) is 119 Å². The molecule has 2 saturated heterocycles. The third kappa shape index (κ3) is 10.3. The molecule has 8 heterocycles. The van der Waals surface area contributed by atoms with E-state index >= 15 is 4.39 Å². The summed E-state index contributed by atoms with van der Waals surface area (Å²) in [4.78, 5) is 41.8. The summed E-state index contributed by atoms with van der Waals surface area (Å²) in [5.41, 5.74) is 5.37. The predicted molar refractivity (Wildman–Crippen MR) is 277 cm³/mol. The summed E-state index contributed by atoms with van der Waals surface area (Å²) in [5.74, 6) is -0.0455. The lowest BCUT2D eigenvalue weighted by molar-refractivity contribution is 0.114. The van der Waals surface area contributed by atoms with E-state index in [9.17, 15) is 13.2 Å². The summed E-state index contributed by atoms with van der Waals surface area (Å²) < 4.78 is 65.9. The average Bonchev–Trinajstić information content (AvgIpc) is 4.07. The Labute approximate surface area is 423 Å². The van der Waals surface area contributed by atoms with Crippen molar-refractivity contribution in [3.05, 3.63) is 113 Å². The Bertz CT molecular complexity index is 3060. The molecule has 5 aliphatic rings. The number of hydrogen-bond acceptors (Lipinski definition) is 14. The molecule has 1 atom stereocenters. The van der Waals surface area contributed by atoms with Crippen LogP contribution in [-0.2, 0) is 17.4 Å². The third-order valence-corrected chi connectivity index (χ3v) is 15.5. The van der Waals surface area contributed by atoms with Gasteiger partial charge >= 0.3 is 0 Å². The smallest absolute Gasteiger partial charge is 0.229 e. The van der Waals surface area contributed by atoms with Crippen LogP contribution in [0, 0.1) is 23.3 Å². The summed E-state index contributed by atoms with van der Waals surface area (Å²) in [6.07, 6.45) is 12.6. The number of nitrogens with one attached hydrogen (secondary N) is 2. The molecular weight excluding hydrogens is 935 g/mol. The number of anilines is 4. The third-order valence-electron chi connectivity index (χ3n) is 15.5. The van der Waals surface area contributed by atoms with Gasteiger partial charge in [-0.1, -0.05) is 32.8 Å². The first-order valence-corrected chi connectivity index (χ1v) is 25.2. The largest absolute Gasteiger partial charge is 0.489 e. The number of likely N-dealkylation sites (tertiary alicyclic amines) is 1. The molecule has 11 rings (SSSR count). The fourth-order valence-corrected chi connectivity index (χ4v) is 10.7. The molecule has 1 spiro atoms. The normalized spacial score (nSPS) is 19.8. The number of piperazine rings is 1. The Morgan fingerprint density at radius 2 is 1.18 bits per heavy atom. The first kappa shape index (κ1) is 49.8. The van der Waals surface area contributed by atoms with E-state index in [2.05, 4.69) is 79.3 Å². The number of nitrogens with zero attached hydrogens (tertiary/aromatic N) is 11. The second-order valence-corrected chi connectivity index (χ2v) is 20.2. The van der Waals surface area contributed by atoms with Crippen molar-refractivity contribution in [3.63, 3.8) is 0 Å². The second-order valence-electron chi connectivity index (χ2n) is 20.2. The van der Waals surface area contributed by atoms with E-state index in [0.29, 0.717) is 39.9 Å². The van der Waals surface area contributed by atoms with Crippen LogP contribution in [0.1, 0.15) is 89.3 Å². The Morgan fingerprint density at radius 3 is 1.74 bits per heavy atom. The molecule has 0 radical (unpaired) electrons. The van der Waals surface area contributed by atoms with Gasteiger partial charge in [-0.3, -0.25) is 14.9 Å². The molecule has 73 heavy (non-hydrogen) atoms. The minimum atomic E-state index is -0.621. The van der Waals surface area contributed by atoms with E-state index in [0.717, 1.165) is 131 Å². The van der Waals surface area contributed by atoms with E-state index in [1.807, 2.05) is 58.2 Å². The lowest BCUT2D eigenvalue weighted by Crippen LogP contribution is -2.43.